The number of hydrogen-bond acceptors (Lipinski definition) is 3. The van der Waals surface area contributed by atoms with Crippen LogP contribution in [0.5, 0.6) is 0 Å². The first-order chi connectivity index (χ1) is 6.70. The number of aliphatic hydroxyl groups excluding tert-OH is 1. The maximum atomic E-state index is 10.7. The molecule has 0 aliphatic heterocycles. The fourth-order valence-corrected chi connectivity index (χ4v) is 1.46. The zero-order valence-corrected chi connectivity index (χ0v) is 8.58. The van der Waals surface area contributed by atoms with Crippen LogP contribution in [0.1, 0.15) is 23.1 Å². The molecule has 0 saturated carbocycles. The number of benzene rings is 1. The lowest BCUT2D eigenvalue weighted by Gasteiger charge is -2.07. The van der Waals surface area contributed by atoms with Crippen molar-refractivity contribution in [1.29, 1.82) is 0 Å². The maximum Gasteiger partial charge on any atom is 0.114 e. The maximum absolute atomic E-state index is 10.7. The summed E-state index contributed by atoms with van der Waals surface area (Å²) < 4.78 is 0. The molecule has 0 fully saturated rings. The van der Waals surface area contributed by atoms with Crippen LogP contribution < -0.4 is 0 Å². The van der Waals surface area contributed by atoms with Gasteiger partial charge in [0.15, 0.2) is 0 Å². The third-order valence-corrected chi connectivity index (χ3v) is 2.48. The van der Waals surface area contributed by atoms with Gasteiger partial charge in [-0.3, -0.25) is 0 Å². The van der Waals surface area contributed by atoms with E-state index in [1.807, 2.05) is 26.0 Å². The number of aryl methyl sites for hydroxylation is 2. The Morgan fingerprint density at radius 1 is 1.36 bits per heavy atom. The predicted molar refractivity (Wildman–Crippen MR) is 56.8 cm³/mol. The van der Waals surface area contributed by atoms with Gasteiger partial charge < -0.3 is 5.11 Å². The van der Waals surface area contributed by atoms with Crippen LogP contribution in [0.4, 0.5) is 5.69 Å². The van der Waals surface area contributed by atoms with Crippen LogP contribution in [0.3, 0.4) is 0 Å². The van der Waals surface area contributed by atoms with Crippen LogP contribution >= 0.6 is 0 Å². The second-order valence-electron chi connectivity index (χ2n) is 3.43. The van der Waals surface area contributed by atoms with E-state index in [4.69, 9.17) is 5.11 Å². The standard InChI is InChI=1S/C11H15NO2/c1-8-5-6-10(4-3-7-13)11(12-14)9(8)2/h5-6,13H,3-4,7H2,1-2H3. The van der Waals surface area contributed by atoms with Gasteiger partial charge in [-0.15, -0.1) is 4.91 Å². The van der Waals surface area contributed by atoms with Gasteiger partial charge in [-0.2, -0.15) is 0 Å². The Morgan fingerprint density at radius 3 is 2.64 bits per heavy atom. The van der Waals surface area contributed by atoms with Crippen LogP contribution in [-0.4, -0.2) is 11.7 Å². The monoisotopic (exact) mass is 193 g/mol. The molecule has 0 unspecified atom stereocenters. The number of hydrogen-bond donors (Lipinski definition) is 1. The molecule has 14 heavy (non-hydrogen) atoms. The van der Waals surface area contributed by atoms with Crippen molar-refractivity contribution in [1.82, 2.24) is 0 Å². The summed E-state index contributed by atoms with van der Waals surface area (Å²) >= 11 is 0. The quantitative estimate of drug-likeness (QED) is 0.747. The van der Waals surface area contributed by atoms with Crippen molar-refractivity contribution in [3.63, 3.8) is 0 Å². The highest BCUT2D eigenvalue weighted by Crippen LogP contribution is 2.27. The minimum atomic E-state index is 0.144. The second-order valence-corrected chi connectivity index (χ2v) is 3.43. The molecular weight excluding hydrogens is 178 g/mol. The second kappa shape index (κ2) is 4.86. The summed E-state index contributed by atoms with van der Waals surface area (Å²) in [6.45, 7) is 4.00. The number of aliphatic hydroxyl groups is 1. The van der Waals surface area contributed by atoms with Gasteiger partial charge in [0, 0.05) is 6.61 Å². The van der Waals surface area contributed by atoms with E-state index in [1.54, 1.807) is 0 Å². The highest BCUT2D eigenvalue weighted by Gasteiger charge is 2.07. The topological polar surface area (TPSA) is 49.7 Å². The van der Waals surface area contributed by atoms with E-state index >= 15 is 0 Å². The van der Waals surface area contributed by atoms with Gasteiger partial charge in [0.2, 0.25) is 0 Å². The summed E-state index contributed by atoms with van der Waals surface area (Å²) in [7, 11) is 0. The van der Waals surface area contributed by atoms with E-state index in [9.17, 15) is 4.91 Å². The van der Waals surface area contributed by atoms with Gasteiger partial charge in [-0.05, 0) is 48.6 Å². The molecule has 0 saturated heterocycles. The van der Waals surface area contributed by atoms with Crippen LogP contribution in [-0.2, 0) is 6.42 Å². The molecule has 0 spiro atoms. The third-order valence-electron chi connectivity index (χ3n) is 2.48. The number of rotatable bonds is 4. The van der Waals surface area contributed by atoms with Crippen molar-refractivity contribution < 1.29 is 5.11 Å². The Morgan fingerprint density at radius 2 is 2.07 bits per heavy atom. The summed E-state index contributed by atoms with van der Waals surface area (Å²) in [6, 6.07) is 3.89. The summed E-state index contributed by atoms with van der Waals surface area (Å²) in [5.74, 6) is 0. The zero-order valence-electron chi connectivity index (χ0n) is 8.58. The molecule has 76 valence electrons. The predicted octanol–water partition coefficient (Wildman–Crippen LogP) is 2.63. The minimum absolute atomic E-state index is 0.144. The molecule has 0 bridgehead atoms. The summed E-state index contributed by atoms with van der Waals surface area (Å²) in [5, 5.41) is 11.8. The Hall–Kier alpha value is -1.22. The molecule has 0 aromatic heterocycles. The molecule has 0 atom stereocenters. The van der Waals surface area contributed by atoms with Gasteiger partial charge in [0.1, 0.15) is 5.69 Å². The smallest absolute Gasteiger partial charge is 0.114 e. The highest BCUT2D eigenvalue weighted by atomic mass is 16.3. The van der Waals surface area contributed by atoms with Crippen LogP contribution in [0.15, 0.2) is 17.3 Å². The lowest BCUT2D eigenvalue weighted by molar-refractivity contribution is 0.288. The molecular formula is C11H15NO2. The molecule has 1 N–H and O–H groups in total. The molecule has 0 heterocycles. The fourth-order valence-electron chi connectivity index (χ4n) is 1.46. The molecule has 1 rings (SSSR count). The third kappa shape index (κ3) is 2.17. The Bertz CT molecular complexity index is 334. The van der Waals surface area contributed by atoms with Gasteiger partial charge >= 0.3 is 0 Å². The average Bonchev–Trinajstić information content (AvgIpc) is 2.20. The molecule has 0 aliphatic carbocycles. The van der Waals surface area contributed by atoms with Crippen molar-refractivity contribution in [2.75, 3.05) is 6.61 Å². The molecule has 0 aliphatic rings. The Balaban J connectivity index is 3.04. The first-order valence-corrected chi connectivity index (χ1v) is 4.74. The average molecular weight is 193 g/mol. The summed E-state index contributed by atoms with van der Waals surface area (Å²) in [5.41, 5.74) is 3.48. The van der Waals surface area contributed by atoms with Crippen LogP contribution in [0.2, 0.25) is 0 Å². The van der Waals surface area contributed by atoms with Crippen molar-refractivity contribution in [2.45, 2.75) is 26.7 Å². The SMILES string of the molecule is Cc1ccc(CCCO)c(N=O)c1C. The molecule has 1 aromatic carbocycles. The summed E-state index contributed by atoms with van der Waals surface area (Å²) in [6.07, 6.45) is 1.38. The first kappa shape index (κ1) is 10.9. The van der Waals surface area contributed by atoms with Gasteiger partial charge in [-0.25, -0.2) is 0 Å². The van der Waals surface area contributed by atoms with E-state index in [0.717, 1.165) is 16.7 Å². The molecule has 3 heteroatoms. The molecule has 1 aromatic rings. The van der Waals surface area contributed by atoms with Crippen LogP contribution in [0.25, 0.3) is 0 Å². The Labute approximate surface area is 83.7 Å². The molecule has 3 nitrogen and oxygen atoms in total. The van der Waals surface area contributed by atoms with Gasteiger partial charge in [-0.1, -0.05) is 12.1 Å². The van der Waals surface area contributed by atoms with Gasteiger partial charge in [0.05, 0.1) is 0 Å². The van der Waals surface area contributed by atoms with Crippen molar-refractivity contribution in [3.05, 3.63) is 33.7 Å². The van der Waals surface area contributed by atoms with Crippen molar-refractivity contribution >= 4 is 5.69 Å². The minimum Gasteiger partial charge on any atom is -0.396 e. The van der Waals surface area contributed by atoms with E-state index in [0.29, 0.717) is 18.5 Å². The number of nitrogens with zero attached hydrogens (tertiary/aromatic N) is 1. The van der Waals surface area contributed by atoms with Crippen molar-refractivity contribution in [2.24, 2.45) is 5.18 Å². The lowest BCUT2D eigenvalue weighted by Crippen LogP contribution is -1.93. The Kier molecular flexibility index (Phi) is 3.77. The summed E-state index contributed by atoms with van der Waals surface area (Å²) in [4.78, 5) is 10.7. The van der Waals surface area contributed by atoms with E-state index in [1.165, 1.54) is 0 Å². The van der Waals surface area contributed by atoms with Crippen molar-refractivity contribution in [3.8, 4) is 0 Å². The fraction of sp³-hybridized carbons (Fsp3) is 0.455. The first-order valence-electron chi connectivity index (χ1n) is 4.74. The van der Waals surface area contributed by atoms with E-state index < -0.39 is 0 Å². The highest BCUT2D eigenvalue weighted by molar-refractivity contribution is 5.55. The van der Waals surface area contributed by atoms with E-state index in [-0.39, 0.29) is 6.61 Å². The zero-order chi connectivity index (χ0) is 10.6. The van der Waals surface area contributed by atoms with Gasteiger partial charge in [0.25, 0.3) is 0 Å². The normalized spacial score (nSPS) is 10.2. The number of nitroso groups, excluding NO2 is 1. The van der Waals surface area contributed by atoms with Crippen LogP contribution in [0, 0.1) is 18.8 Å². The molecule has 0 radical (unpaired) electrons. The largest absolute Gasteiger partial charge is 0.396 e. The molecule has 0 amide bonds. The lowest BCUT2D eigenvalue weighted by atomic mass is 10.0. The van der Waals surface area contributed by atoms with E-state index in [2.05, 4.69) is 5.18 Å².